The molecule has 0 saturated carbocycles. The molecule has 0 radical (unpaired) electrons. The summed E-state index contributed by atoms with van der Waals surface area (Å²) in [6.45, 7) is 2.56. The van der Waals surface area contributed by atoms with Gasteiger partial charge in [0.2, 0.25) is 5.91 Å². The molecule has 2 aromatic carbocycles. The Morgan fingerprint density at radius 1 is 1.04 bits per heavy atom. The highest BCUT2D eigenvalue weighted by Gasteiger charge is 2.43. The minimum atomic E-state index is -0.439. The summed E-state index contributed by atoms with van der Waals surface area (Å²) in [4.78, 5) is 15.5. The molecule has 0 unspecified atom stereocenters. The number of halogens is 1. The first-order chi connectivity index (χ1) is 13.6. The normalized spacial score (nSPS) is 23.1. The zero-order valence-corrected chi connectivity index (χ0v) is 16.4. The predicted octanol–water partition coefficient (Wildman–Crippen LogP) is 3.97. The van der Waals surface area contributed by atoms with Crippen LogP contribution in [-0.4, -0.2) is 36.0 Å². The van der Waals surface area contributed by atoms with E-state index in [4.69, 9.17) is 0 Å². The van der Waals surface area contributed by atoms with Crippen LogP contribution in [0.3, 0.4) is 0 Å². The first-order valence-corrected chi connectivity index (χ1v) is 10.5. The van der Waals surface area contributed by atoms with Gasteiger partial charge in [0.1, 0.15) is 11.4 Å². The summed E-state index contributed by atoms with van der Waals surface area (Å²) in [6, 6.07) is 17.2. The second-order valence-corrected chi connectivity index (χ2v) is 8.34. The van der Waals surface area contributed by atoms with Crippen LogP contribution in [0, 0.1) is 11.7 Å². The lowest BCUT2D eigenvalue weighted by Crippen LogP contribution is -2.57. The van der Waals surface area contributed by atoms with Crippen molar-refractivity contribution in [3.05, 3.63) is 71.5 Å². The monoisotopic (exact) mass is 380 g/mol. The van der Waals surface area contributed by atoms with E-state index in [1.807, 2.05) is 30.3 Å². The van der Waals surface area contributed by atoms with Crippen molar-refractivity contribution in [3.8, 4) is 0 Å². The average Bonchev–Trinajstić information content (AvgIpc) is 3.20. The predicted molar refractivity (Wildman–Crippen MR) is 110 cm³/mol. The van der Waals surface area contributed by atoms with Crippen LogP contribution in [0.15, 0.2) is 54.6 Å². The van der Waals surface area contributed by atoms with Crippen LogP contribution in [0.2, 0.25) is 0 Å². The molecule has 3 nitrogen and oxygen atoms in total. The highest BCUT2D eigenvalue weighted by atomic mass is 19.1. The second-order valence-electron chi connectivity index (χ2n) is 8.34. The number of rotatable bonds is 5. The summed E-state index contributed by atoms with van der Waals surface area (Å²) in [7, 11) is 0. The lowest BCUT2D eigenvalue weighted by molar-refractivity contribution is -0.139. The van der Waals surface area contributed by atoms with Crippen LogP contribution in [0.4, 0.5) is 4.39 Å². The number of carbonyl (C=O) groups is 1. The molecule has 2 aliphatic heterocycles. The quantitative estimate of drug-likeness (QED) is 0.851. The Labute approximate surface area is 166 Å². The summed E-state index contributed by atoms with van der Waals surface area (Å²) in [5.41, 5.74) is 1.96. The third-order valence-corrected chi connectivity index (χ3v) is 6.34. The number of piperidine rings is 1. The lowest BCUT2D eigenvalue weighted by Gasteiger charge is -2.39. The van der Waals surface area contributed by atoms with Gasteiger partial charge < -0.3 is 10.2 Å². The molecule has 4 rings (SSSR count). The number of amides is 1. The number of hydrogen-bond donors (Lipinski definition) is 1. The third-order valence-electron chi connectivity index (χ3n) is 6.34. The maximum atomic E-state index is 13.5. The molecule has 1 atom stereocenters. The highest BCUT2D eigenvalue weighted by molar-refractivity contribution is 5.87. The van der Waals surface area contributed by atoms with E-state index in [1.165, 1.54) is 23.3 Å². The molecule has 2 heterocycles. The summed E-state index contributed by atoms with van der Waals surface area (Å²) < 4.78 is 13.1. The van der Waals surface area contributed by atoms with Crippen molar-refractivity contribution in [2.75, 3.05) is 19.6 Å². The van der Waals surface area contributed by atoms with Gasteiger partial charge in [-0.15, -0.1) is 0 Å². The van der Waals surface area contributed by atoms with Gasteiger partial charge in [-0.2, -0.15) is 0 Å². The van der Waals surface area contributed by atoms with E-state index in [-0.39, 0.29) is 11.7 Å². The fraction of sp³-hybridized carbons (Fsp3) is 0.458. The Morgan fingerprint density at radius 3 is 2.39 bits per heavy atom. The molecule has 0 bridgehead atoms. The molecular formula is C24H29FN2O. The minimum absolute atomic E-state index is 0.183. The van der Waals surface area contributed by atoms with Gasteiger partial charge in [0.25, 0.3) is 0 Å². The first kappa shape index (κ1) is 19.1. The molecule has 148 valence electrons. The maximum Gasteiger partial charge on any atom is 0.243 e. The van der Waals surface area contributed by atoms with Crippen LogP contribution >= 0.6 is 0 Å². The van der Waals surface area contributed by atoms with Crippen LogP contribution in [0.5, 0.6) is 0 Å². The van der Waals surface area contributed by atoms with Crippen molar-refractivity contribution in [2.45, 2.75) is 44.1 Å². The number of benzene rings is 2. The zero-order chi connectivity index (χ0) is 19.4. The molecule has 2 aliphatic rings. The Bertz CT molecular complexity index is 776. The summed E-state index contributed by atoms with van der Waals surface area (Å²) >= 11 is 0. The molecular weight excluding hydrogens is 351 g/mol. The summed E-state index contributed by atoms with van der Waals surface area (Å²) in [5.74, 6) is 0.655. The zero-order valence-electron chi connectivity index (χ0n) is 16.4. The maximum absolute atomic E-state index is 13.5. The molecule has 1 N–H and O–H groups in total. The smallest absolute Gasteiger partial charge is 0.243 e. The molecule has 2 aromatic rings. The van der Waals surface area contributed by atoms with Crippen LogP contribution in [0.25, 0.3) is 0 Å². The number of likely N-dealkylation sites (tertiary alicyclic amines) is 1. The van der Waals surface area contributed by atoms with Gasteiger partial charge in [-0.3, -0.25) is 4.79 Å². The van der Waals surface area contributed by atoms with Crippen molar-refractivity contribution < 1.29 is 9.18 Å². The van der Waals surface area contributed by atoms with Gasteiger partial charge in [-0.25, -0.2) is 4.39 Å². The lowest BCUT2D eigenvalue weighted by atomic mass is 9.85. The summed E-state index contributed by atoms with van der Waals surface area (Å²) in [5, 5.41) is 3.55. The van der Waals surface area contributed by atoms with E-state index in [1.54, 1.807) is 0 Å². The van der Waals surface area contributed by atoms with Crippen molar-refractivity contribution in [3.63, 3.8) is 0 Å². The van der Waals surface area contributed by atoms with Crippen molar-refractivity contribution >= 4 is 5.91 Å². The van der Waals surface area contributed by atoms with Gasteiger partial charge in [-0.1, -0.05) is 42.5 Å². The standard InChI is InChI=1S/C24H29FN2O/c25-22-9-7-19(8-10-22)17-20-11-15-27(16-12-20)23(28)24(13-4-14-26-24)18-21-5-2-1-3-6-21/h1-3,5-10,20,26H,4,11-18H2/t24-/m0/s1. The van der Waals surface area contributed by atoms with Crippen molar-refractivity contribution in [1.82, 2.24) is 10.2 Å². The van der Waals surface area contributed by atoms with E-state index < -0.39 is 5.54 Å². The van der Waals surface area contributed by atoms with E-state index in [9.17, 15) is 9.18 Å². The fourth-order valence-corrected chi connectivity index (χ4v) is 4.76. The molecule has 1 amide bonds. The van der Waals surface area contributed by atoms with E-state index in [0.29, 0.717) is 5.92 Å². The molecule has 4 heteroatoms. The first-order valence-electron chi connectivity index (χ1n) is 10.5. The molecule has 0 spiro atoms. The molecule has 28 heavy (non-hydrogen) atoms. The van der Waals surface area contributed by atoms with Crippen LogP contribution in [0.1, 0.15) is 36.8 Å². The number of carbonyl (C=O) groups excluding carboxylic acids is 1. The Kier molecular flexibility index (Phi) is 5.77. The van der Waals surface area contributed by atoms with Gasteiger partial charge >= 0.3 is 0 Å². The van der Waals surface area contributed by atoms with Gasteiger partial charge in [0, 0.05) is 13.1 Å². The number of nitrogens with zero attached hydrogens (tertiary/aromatic N) is 1. The molecule has 0 aliphatic carbocycles. The molecule has 2 fully saturated rings. The fourth-order valence-electron chi connectivity index (χ4n) is 4.76. The van der Waals surface area contributed by atoms with Crippen molar-refractivity contribution in [2.24, 2.45) is 5.92 Å². The highest BCUT2D eigenvalue weighted by Crippen LogP contribution is 2.29. The van der Waals surface area contributed by atoms with Gasteiger partial charge in [-0.05, 0) is 74.2 Å². The number of hydrogen-bond acceptors (Lipinski definition) is 2. The van der Waals surface area contributed by atoms with Gasteiger partial charge in [0.15, 0.2) is 0 Å². The second kappa shape index (κ2) is 8.44. The molecule has 2 saturated heterocycles. The van der Waals surface area contributed by atoms with E-state index in [0.717, 1.165) is 58.2 Å². The Balaban J connectivity index is 1.37. The Hall–Kier alpha value is -2.20. The molecule has 0 aromatic heterocycles. The largest absolute Gasteiger partial charge is 0.341 e. The topological polar surface area (TPSA) is 32.3 Å². The van der Waals surface area contributed by atoms with E-state index >= 15 is 0 Å². The SMILES string of the molecule is O=C(N1CCC(Cc2ccc(F)cc2)CC1)[C@@]1(Cc2ccccc2)CCCN1. The number of nitrogens with one attached hydrogen (secondary N) is 1. The average molecular weight is 381 g/mol. The van der Waals surface area contributed by atoms with Gasteiger partial charge in [0.05, 0.1) is 0 Å². The van der Waals surface area contributed by atoms with Crippen molar-refractivity contribution in [1.29, 1.82) is 0 Å². The minimum Gasteiger partial charge on any atom is -0.341 e. The Morgan fingerprint density at radius 2 is 1.75 bits per heavy atom. The van der Waals surface area contributed by atoms with Crippen LogP contribution < -0.4 is 5.32 Å². The third kappa shape index (κ3) is 4.27. The summed E-state index contributed by atoms with van der Waals surface area (Å²) in [6.07, 6.45) is 5.74. The van der Waals surface area contributed by atoms with E-state index in [2.05, 4.69) is 22.3 Å². The van der Waals surface area contributed by atoms with Crippen LogP contribution in [-0.2, 0) is 17.6 Å².